The molecule has 0 spiro atoms. The Kier molecular flexibility index (Phi) is 6.69. The van der Waals surface area contributed by atoms with Gasteiger partial charge in [-0.25, -0.2) is 9.59 Å². The number of β-lactam (4-membered cyclic amide) rings is 1. The number of imide groups is 1. The SMILES string of the molecule is CCN1CCN(C(=O)N[C@@H](C(=O)N[C@@H]2C(=O)N3[C@H]2SC(C)(C)[C@H]3C(=O)O)c2ccccc2)C(=O)C1=O. The molecule has 12 nitrogen and oxygen atoms in total. The number of carbonyl (C=O) groups excluding carboxylic acids is 5. The van der Waals surface area contributed by atoms with Crippen molar-refractivity contribution in [2.24, 2.45) is 0 Å². The lowest BCUT2D eigenvalue weighted by Crippen LogP contribution is -2.71. The average Bonchev–Trinajstić information content (AvgIpc) is 3.10. The van der Waals surface area contributed by atoms with Gasteiger partial charge < -0.3 is 25.5 Å². The molecule has 0 bridgehead atoms. The highest BCUT2D eigenvalue weighted by Crippen LogP contribution is 2.50. The number of carbonyl (C=O) groups is 6. The molecule has 3 heterocycles. The number of piperazine rings is 1. The van der Waals surface area contributed by atoms with Gasteiger partial charge in [0.05, 0.1) is 0 Å². The van der Waals surface area contributed by atoms with Gasteiger partial charge in [-0.15, -0.1) is 11.8 Å². The number of hydrogen-bond donors (Lipinski definition) is 3. The highest BCUT2D eigenvalue weighted by molar-refractivity contribution is 8.01. The summed E-state index contributed by atoms with van der Waals surface area (Å²) >= 11 is 1.28. The smallest absolute Gasteiger partial charge is 0.327 e. The fourth-order valence-corrected chi connectivity index (χ4v) is 6.32. The lowest BCUT2D eigenvalue weighted by Gasteiger charge is -2.44. The van der Waals surface area contributed by atoms with E-state index < -0.39 is 63.9 Å². The van der Waals surface area contributed by atoms with Crippen molar-refractivity contribution in [1.29, 1.82) is 0 Å². The maximum absolute atomic E-state index is 13.3. The van der Waals surface area contributed by atoms with E-state index >= 15 is 0 Å². The van der Waals surface area contributed by atoms with Crippen LogP contribution in [0.15, 0.2) is 30.3 Å². The first-order valence-corrected chi connectivity index (χ1v) is 12.3. The molecular weight excluding hydrogens is 490 g/mol. The fraction of sp³-hybridized carbons (Fsp3) is 0.478. The molecule has 1 aromatic rings. The van der Waals surface area contributed by atoms with Crippen molar-refractivity contribution in [2.45, 2.75) is 49.0 Å². The van der Waals surface area contributed by atoms with Crippen LogP contribution < -0.4 is 10.6 Å². The zero-order valence-corrected chi connectivity index (χ0v) is 20.8. The normalized spacial score (nSPS) is 25.7. The van der Waals surface area contributed by atoms with Crippen molar-refractivity contribution in [3.05, 3.63) is 35.9 Å². The van der Waals surface area contributed by atoms with Crippen LogP contribution in [-0.4, -0.2) is 97.3 Å². The maximum atomic E-state index is 13.3. The minimum Gasteiger partial charge on any atom is -0.480 e. The van der Waals surface area contributed by atoms with Crippen LogP contribution in [0.1, 0.15) is 32.4 Å². The van der Waals surface area contributed by atoms with Gasteiger partial charge in [-0.2, -0.15) is 0 Å². The summed E-state index contributed by atoms with van der Waals surface area (Å²) in [4.78, 5) is 78.8. The number of nitrogens with zero attached hydrogens (tertiary/aromatic N) is 3. The zero-order valence-electron chi connectivity index (χ0n) is 20.0. The zero-order chi connectivity index (χ0) is 26.4. The van der Waals surface area contributed by atoms with E-state index in [9.17, 15) is 33.9 Å². The van der Waals surface area contributed by atoms with Crippen molar-refractivity contribution in [2.75, 3.05) is 19.6 Å². The molecule has 192 valence electrons. The largest absolute Gasteiger partial charge is 0.480 e. The Balaban J connectivity index is 1.51. The van der Waals surface area contributed by atoms with Crippen LogP contribution >= 0.6 is 11.8 Å². The standard InChI is InChI=1S/C23H27N5O7S/c1-4-26-10-11-27(19(32)18(26)31)22(35)25-13(12-8-6-5-7-9-12)16(29)24-14-17(30)28-15(21(33)34)23(2,3)36-20(14)28/h5-9,13-15,20H,4,10-11H2,1-3H3,(H,24,29)(H,25,35)(H,33,34)/t13-,14-,15-,20+/m1/s1. The number of likely N-dealkylation sites (N-methyl/N-ethyl adjacent to an activating group) is 1. The van der Waals surface area contributed by atoms with Crippen LogP contribution in [0.2, 0.25) is 0 Å². The molecule has 4 rings (SSSR count). The second-order valence-electron chi connectivity index (χ2n) is 9.22. The van der Waals surface area contributed by atoms with E-state index in [-0.39, 0.29) is 13.1 Å². The van der Waals surface area contributed by atoms with Crippen LogP contribution in [0.3, 0.4) is 0 Å². The number of rotatable bonds is 6. The molecule has 0 unspecified atom stereocenters. The molecule has 0 aromatic heterocycles. The van der Waals surface area contributed by atoms with E-state index in [1.54, 1.807) is 51.1 Å². The molecule has 13 heteroatoms. The summed E-state index contributed by atoms with van der Waals surface area (Å²) in [5, 5.41) is 14.2. The van der Waals surface area contributed by atoms with Gasteiger partial charge in [0.2, 0.25) is 11.8 Å². The minimum atomic E-state index is -1.26. The third kappa shape index (κ3) is 4.27. The molecule has 0 aliphatic carbocycles. The summed E-state index contributed by atoms with van der Waals surface area (Å²) in [5.41, 5.74) is 0.403. The third-order valence-corrected chi connectivity index (χ3v) is 8.14. The Morgan fingerprint density at radius 1 is 1.11 bits per heavy atom. The van der Waals surface area contributed by atoms with Gasteiger partial charge in [-0.05, 0) is 26.3 Å². The molecule has 3 saturated heterocycles. The number of fused-ring (bicyclic) bond motifs is 1. The molecule has 3 aliphatic rings. The van der Waals surface area contributed by atoms with E-state index in [0.717, 1.165) is 4.90 Å². The number of amides is 6. The molecule has 0 saturated carbocycles. The predicted octanol–water partition coefficient (Wildman–Crippen LogP) is -0.240. The fourth-order valence-electron chi connectivity index (χ4n) is 4.70. The van der Waals surface area contributed by atoms with Crippen molar-refractivity contribution >= 4 is 47.4 Å². The molecule has 3 aliphatic heterocycles. The second kappa shape index (κ2) is 9.45. The highest BCUT2D eigenvalue weighted by atomic mass is 32.2. The van der Waals surface area contributed by atoms with E-state index in [1.165, 1.54) is 21.6 Å². The van der Waals surface area contributed by atoms with Crippen LogP contribution in [-0.2, 0) is 24.0 Å². The van der Waals surface area contributed by atoms with E-state index in [0.29, 0.717) is 12.1 Å². The number of urea groups is 1. The maximum Gasteiger partial charge on any atom is 0.327 e. The highest BCUT2D eigenvalue weighted by Gasteiger charge is 2.64. The number of hydrogen-bond acceptors (Lipinski definition) is 7. The summed E-state index contributed by atoms with van der Waals surface area (Å²) in [7, 11) is 0. The van der Waals surface area contributed by atoms with Gasteiger partial charge >= 0.3 is 23.8 Å². The van der Waals surface area contributed by atoms with E-state index in [2.05, 4.69) is 10.6 Å². The van der Waals surface area contributed by atoms with E-state index in [1.807, 2.05) is 0 Å². The van der Waals surface area contributed by atoms with Gasteiger partial charge in [0, 0.05) is 24.4 Å². The summed E-state index contributed by atoms with van der Waals surface area (Å²) in [5.74, 6) is -4.12. The van der Waals surface area contributed by atoms with Gasteiger partial charge in [0.15, 0.2) is 0 Å². The Morgan fingerprint density at radius 3 is 2.39 bits per heavy atom. The number of carboxylic acids is 1. The monoisotopic (exact) mass is 517 g/mol. The number of thioether (sulfide) groups is 1. The average molecular weight is 518 g/mol. The summed E-state index contributed by atoms with van der Waals surface area (Å²) in [6.45, 7) is 5.67. The predicted molar refractivity (Wildman–Crippen MR) is 127 cm³/mol. The number of nitrogens with one attached hydrogen (secondary N) is 2. The van der Waals surface area contributed by atoms with Crippen LogP contribution in [0, 0.1) is 0 Å². The summed E-state index contributed by atoms with van der Waals surface area (Å²) in [6, 6.07) is 4.11. The topological polar surface area (TPSA) is 156 Å². The number of carboxylic acid groups (broad SMARTS) is 1. The van der Waals surface area contributed by atoms with Gasteiger partial charge in [-0.3, -0.25) is 24.1 Å². The molecule has 6 amide bonds. The second-order valence-corrected chi connectivity index (χ2v) is 11.0. The quantitative estimate of drug-likeness (QED) is 0.345. The molecule has 1 aromatic carbocycles. The molecule has 0 radical (unpaired) electrons. The molecule has 3 fully saturated rings. The van der Waals surface area contributed by atoms with Gasteiger partial charge in [0.1, 0.15) is 23.5 Å². The van der Waals surface area contributed by atoms with Crippen LogP contribution in [0.5, 0.6) is 0 Å². The van der Waals surface area contributed by atoms with Gasteiger partial charge in [0.25, 0.3) is 0 Å². The number of benzene rings is 1. The van der Waals surface area contributed by atoms with Gasteiger partial charge in [-0.1, -0.05) is 30.3 Å². The molecular formula is C23H27N5O7S. The lowest BCUT2D eigenvalue weighted by molar-refractivity contribution is -0.161. The molecule has 36 heavy (non-hydrogen) atoms. The number of aliphatic carboxylic acids is 1. The van der Waals surface area contributed by atoms with Crippen molar-refractivity contribution in [3.63, 3.8) is 0 Å². The first-order valence-electron chi connectivity index (χ1n) is 11.5. The van der Waals surface area contributed by atoms with Crippen LogP contribution in [0.25, 0.3) is 0 Å². The van der Waals surface area contributed by atoms with Crippen molar-refractivity contribution < 1.29 is 33.9 Å². The Bertz CT molecular complexity index is 1130. The first-order chi connectivity index (χ1) is 17.0. The third-order valence-electron chi connectivity index (χ3n) is 6.57. The Morgan fingerprint density at radius 2 is 1.78 bits per heavy atom. The Labute approximate surface area is 211 Å². The van der Waals surface area contributed by atoms with Crippen molar-refractivity contribution in [1.82, 2.24) is 25.3 Å². The molecule has 3 N–H and O–H groups in total. The first kappa shape index (κ1) is 25.5. The summed E-state index contributed by atoms with van der Waals surface area (Å²) < 4.78 is -0.758. The molecule has 4 atom stereocenters. The summed E-state index contributed by atoms with van der Waals surface area (Å²) in [6.07, 6.45) is 0. The van der Waals surface area contributed by atoms with E-state index in [4.69, 9.17) is 0 Å². The van der Waals surface area contributed by atoms with Crippen molar-refractivity contribution in [3.8, 4) is 0 Å². The minimum absolute atomic E-state index is 0.0200. The lowest BCUT2D eigenvalue weighted by atomic mass is 9.95. The van der Waals surface area contributed by atoms with Crippen LogP contribution in [0.4, 0.5) is 4.79 Å². The Hall–Kier alpha value is -3.61.